The highest BCUT2D eigenvalue weighted by molar-refractivity contribution is 9.10. The molecule has 0 aromatic carbocycles. The first-order valence-electron chi connectivity index (χ1n) is 6.64. The minimum absolute atomic E-state index is 0.802. The maximum Gasteiger partial charge on any atom is 0.0767 e. The van der Waals surface area contributed by atoms with E-state index >= 15 is 0 Å². The fraction of sp³-hybridized carbons (Fsp3) is 0.769. The van der Waals surface area contributed by atoms with Gasteiger partial charge in [-0.15, -0.1) is 0 Å². The number of alkyl halides is 1. The summed E-state index contributed by atoms with van der Waals surface area (Å²) < 4.78 is 3.23. The Labute approximate surface area is 126 Å². The van der Waals surface area contributed by atoms with Crippen molar-refractivity contribution in [1.29, 1.82) is 0 Å². The largest absolute Gasteiger partial charge is 0.297 e. The van der Waals surface area contributed by atoms with Crippen LogP contribution in [0.1, 0.15) is 31.2 Å². The summed E-state index contributed by atoms with van der Waals surface area (Å²) in [5.74, 6) is 0.802. The third-order valence-corrected chi connectivity index (χ3v) is 5.53. The third-order valence-electron chi connectivity index (χ3n) is 3.70. The van der Waals surface area contributed by atoms with E-state index in [0.29, 0.717) is 0 Å². The molecule has 1 aliphatic rings. The van der Waals surface area contributed by atoms with E-state index in [9.17, 15) is 0 Å². The van der Waals surface area contributed by atoms with Gasteiger partial charge in [0, 0.05) is 25.5 Å². The fourth-order valence-corrected chi connectivity index (χ4v) is 3.89. The van der Waals surface area contributed by atoms with Gasteiger partial charge in [0.1, 0.15) is 0 Å². The molecule has 1 unspecified atom stereocenters. The molecule has 1 atom stereocenters. The second-order valence-corrected chi connectivity index (χ2v) is 6.52. The topological polar surface area (TPSA) is 21.1 Å². The van der Waals surface area contributed by atoms with Crippen LogP contribution in [0.15, 0.2) is 4.47 Å². The van der Waals surface area contributed by atoms with E-state index in [-0.39, 0.29) is 0 Å². The second-order valence-electron chi connectivity index (χ2n) is 5.08. The number of aryl methyl sites for hydroxylation is 2. The average molecular weight is 379 g/mol. The lowest BCUT2D eigenvalue weighted by Gasteiger charge is -2.31. The molecule has 1 aromatic rings. The number of hydrogen-bond donors (Lipinski definition) is 0. The van der Waals surface area contributed by atoms with Crippen LogP contribution < -0.4 is 0 Å². The number of nitrogens with zero attached hydrogens (tertiary/aromatic N) is 3. The van der Waals surface area contributed by atoms with Crippen molar-refractivity contribution in [2.75, 3.05) is 18.4 Å². The molecular formula is C13H21Br2N3. The van der Waals surface area contributed by atoms with E-state index in [1.807, 2.05) is 11.7 Å². The maximum atomic E-state index is 4.57. The van der Waals surface area contributed by atoms with Crippen molar-refractivity contribution in [3.8, 4) is 0 Å². The zero-order chi connectivity index (χ0) is 13.1. The van der Waals surface area contributed by atoms with Crippen molar-refractivity contribution in [1.82, 2.24) is 14.7 Å². The van der Waals surface area contributed by atoms with Gasteiger partial charge in [-0.05, 0) is 47.7 Å². The zero-order valence-corrected chi connectivity index (χ0v) is 14.3. The van der Waals surface area contributed by atoms with Crippen LogP contribution in [0.5, 0.6) is 0 Å². The van der Waals surface area contributed by atoms with E-state index in [1.165, 1.54) is 41.8 Å². The summed E-state index contributed by atoms with van der Waals surface area (Å²) in [4.78, 5) is 2.55. The summed E-state index contributed by atoms with van der Waals surface area (Å²) in [5, 5.41) is 5.69. The van der Waals surface area contributed by atoms with Crippen LogP contribution in [0.2, 0.25) is 0 Å². The van der Waals surface area contributed by atoms with Crippen LogP contribution in [0.25, 0.3) is 0 Å². The first-order valence-corrected chi connectivity index (χ1v) is 8.55. The predicted molar refractivity (Wildman–Crippen MR) is 82.1 cm³/mol. The number of aromatic nitrogens is 2. The van der Waals surface area contributed by atoms with Crippen LogP contribution in [0.4, 0.5) is 0 Å². The van der Waals surface area contributed by atoms with E-state index in [1.54, 1.807) is 0 Å². The Kier molecular flexibility index (Phi) is 5.27. The summed E-state index contributed by atoms with van der Waals surface area (Å²) in [5.41, 5.74) is 2.48. The number of likely N-dealkylation sites (tertiary alicyclic amines) is 1. The fourth-order valence-electron chi connectivity index (χ4n) is 2.62. The monoisotopic (exact) mass is 377 g/mol. The van der Waals surface area contributed by atoms with Crippen LogP contribution in [0.3, 0.4) is 0 Å². The zero-order valence-electron chi connectivity index (χ0n) is 11.1. The molecule has 3 nitrogen and oxygen atoms in total. The minimum atomic E-state index is 0.802. The normalized spacial score (nSPS) is 21.4. The van der Waals surface area contributed by atoms with Crippen LogP contribution in [-0.4, -0.2) is 33.1 Å². The van der Waals surface area contributed by atoms with Crippen molar-refractivity contribution in [3.05, 3.63) is 15.9 Å². The molecule has 0 amide bonds. The first kappa shape index (κ1) is 14.5. The Hall–Kier alpha value is 0.130. The molecule has 0 spiro atoms. The summed E-state index contributed by atoms with van der Waals surface area (Å²) in [7, 11) is 2.05. The standard InChI is InChI=1S/C13H21Br2N3/c1-3-11-13(15)12(17(2)16-11)9-18-6-4-5-10(7-14)8-18/h10H,3-9H2,1-2H3. The smallest absolute Gasteiger partial charge is 0.0767 e. The van der Waals surface area contributed by atoms with Gasteiger partial charge in [-0.1, -0.05) is 22.9 Å². The van der Waals surface area contributed by atoms with E-state index < -0.39 is 0 Å². The third kappa shape index (κ3) is 3.17. The molecular weight excluding hydrogens is 358 g/mol. The van der Waals surface area contributed by atoms with Gasteiger partial charge in [0.25, 0.3) is 0 Å². The van der Waals surface area contributed by atoms with Gasteiger partial charge in [0.05, 0.1) is 15.9 Å². The van der Waals surface area contributed by atoms with Crippen molar-refractivity contribution in [3.63, 3.8) is 0 Å². The average Bonchev–Trinajstić information content (AvgIpc) is 2.66. The predicted octanol–water partition coefficient (Wildman–Crippen LogP) is 3.35. The molecule has 2 rings (SSSR count). The lowest BCUT2D eigenvalue weighted by molar-refractivity contribution is 0.175. The Balaban J connectivity index is 2.07. The summed E-state index contributed by atoms with van der Waals surface area (Å²) in [6.45, 7) is 5.57. The Morgan fingerprint density at radius 2 is 2.22 bits per heavy atom. The van der Waals surface area contributed by atoms with E-state index in [2.05, 4.69) is 48.8 Å². The van der Waals surface area contributed by atoms with Crippen LogP contribution in [-0.2, 0) is 20.0 Å². The first-order chi connectivity index (χ1) is 8.65. The molecule has 1 aliphatic heterocycles. The van der Waals surface area contributed by atoms with Crippen molar-refractivity contribution in [2.45, 2.75) is 32.7 Å². The van der Waals surface area contributed by atoms with E-state index in [0.717, 1.165) is 24.2 Å². The highest BCUT2D eigenvalue weighted by Gasteiger charge is 2.21. The van der Waals surface area contributed by atoms with Gasteiger partial charge in [0.15, 0.2) is 0 Å². The molecule has 2 heterocycles. The molecule has 0 bridgehead atoms. The van der Waals surface area contributed by atoms with Gasteiger partial charge in [-0.25, -0.2) is 0 Å². The minimum Gasteiger partial charge on any atom is -0.297 e. The van der Waals surface area contributed by atoms with Crippen molar-refractivity contribution < 1.29 is 0 Å². The number of piperidine rings is 1. The number of hydrogen-bond acceptors (Lipinski definition) is 2. The van der Waals surface area contributed by atoms with Crippen LogP contribution in [0, 0.1) is 5.92 Å². The molecule has 1 saturated heterocycles. The molecule has 1 aromatic heterocycles. The van der Waals surface area contributed by atoms with Gasteiger partial charge in [-0.2, -0.15) is 5.10 Å². The van der Waals surface area contributed by atoms with Gasteiger partial charge in [0.2, 0.25) is 0 Å². The molecule has 0 N–H and O–H groups in total. The molecule has 5 heteroatoms. The van der Waals surface area contributed by atoms with Gasteiger partial charge < -0.3 is 0 Å². The molecule has 1 fully saturated rings. The second kappa shape index (κ2) is 6.53. The van der Waals surface area contributed by atoms with Crippen LogP contribution >= 0.6 is 31.9 Å². The SMILES string of the molecule is CCc1nn(C)c(CN2CCCC(CBr)C2)c1Br. The summed E-state index contributed by atoms with van der Waals surface area (Å²) in [6, 6.07) is 0. The number of rotatable bonds is 4. The van der Waals surface area contributed by atoms with Crippen molar-refractivity contribution >= 4 is 31.9 Å². The Bertz CT molecular complexity index is 403. The Morgan fingerprint density at radius 1 is 1.44 bits per heavy atom. The highest BCUT2D eigenvalue weighted by atomic mass is 79.9. The van der Waals surface area contributed by atoms with E-state index in [4.69, 9.17) is 0 Å². The molecule has 102 valence electrons. The lowest BCUT2D eigenvalue weighted by atomic mass is 10.0. The number of halogens is 2. The maximum absolute atomic E-state index is 4.57. The molecule has 0 radical (unpaired) electrons. The summed E-state index contributed by atoms with van der Waals surface area (Å²) in [6.07, 6.45) is 3.65. The van der Waals surface area contributed by atoms with Crippen molar-refractivity contribution in [2.24, 2.45) is 13.0 Å². The van der Waals surface area contributed by atoms with Gasteiger partial charge >= 0.3 is 0 Å². The molecule has 0 saturated carbocycles. The Morgan fingerprint density at radius 3 is 2.83 bits per heavy atom. The highest BCUT2D eigenvalue weighted by Crippen LogP contribution is 2.25. The summed E-state index contributed by atoms with van der Waals surface area (Å²) >= 11 is 7.32. The van der Waals surface area contributed by atoms with Gasteiger partial charge in [-0.3, -0.25) is 9.58 Å². The quantitative estimate of drug-likeness (QED) is 0.749. The lowest BCUT2D eigenvalue weighted by Crippen LogP contribution is -2.36. The molecule has 18 heavy (non-hydrogen) atoms. The molecule has 0 aliphatic carbocycles.